The van der Waals surface area contributed by atoms with Gasteiger partial charge in [-0.1, -0.05) is 19.9 Å². The van der Waals surface area contributed by atoms with Crippen LogP contribution in [0.3, 0.4) is 0 Å². The molecule has 0 fully saturated rings. The van der Waals surface area contributed by atoms with Crippen LogP contribution < -0.4 is 5.32 Å². The minimum atomic E-state index is -0.348. The zero-order valence-electron chi connectivity index (χ0n) is 12.2. The van der Waals surface area contributed by atoms with Crippen molar-refractivity contribution in [3.05, 3.63) is 64.0 Å². The first kappa shape index (κ1) is 15.0. The fourth-order valence-corrected chi connectivity index (χ4v) is 2.10. The zero-order chi connectivity index (χ0) is 15.2. The molecule has 1 heterocycles. The normalized spacial score (nSPS) is 10.6. The monoisotopic (exact) mass is 285 g/mol. The van der Waals surface area contributed by atoms with Gasteiger partial charge in [-0.25, -0.2) is 0 Å². The Balaban J connectivity index is 2.10. The van der Waals surface area contributed by atoms with Gasteiger partial charge in [0.1, 0.15) is 5.69 Å². The molecule has 1 aromatic heterocycles. The standard InChI is InChI=1S/C16H19N3O2/c1-12(2)14-3-4-16(19(20)21)15(11-14)18-10-7-13-5-8-17-9-6-13/h3-6,8-9,11-12,18H,7,10H2,1-2H3. The third kappa shape index (κ3) is 4.02. The van der Waals surface area contributed by atoms with Gasteiger partial charge in [-0.2, -0.15) is 0 Å². The topological polar surface area (TPSA) is 68.1 Å². The molecule has 0 bridgehead atoms. The molecule has 2 rings (SSSR count). The quantitative estimate of drug-likeness (QED) is 0.648. The summed E-state index contributed by atoms with van der Waals surface area (Å²) in [6.07, 6.45) is 4.29. The Kier molecular flexibility index (Phi) is 4.87. The van der Waals surface area contributed by atoms with Crippen LogP contribution >= 0.6 is 0 Å². The molecule has 0 aliphatic rings. The Hall–Kier alpha value is -2.43. The molecule has 5 nitrogen and oxygen atoms in total. The lowest BCUT2D eigenvalue weighted by Gasteiger charge is -2.11. The van der Waals surface area contributed by atoms with E-state index in [0.29, 0.717) is 18.2 Å². The van der Waals surface area contributed by atoms with E-state index in [-0.39, 0.29) is 10.6 Å². The lowest BCUT2D eigenvalue weighted by molar-refractivity contribution is -0.384. The Morgan fingerprint density at radius 2 is 1.95 bits per heavy atom. The molecule has 5 heteroatoms. The van der Waals surface area contributed by atoms with E-state index in [0.717, 1.165) is 17.5 Å². The van der Waals surface area contributed by atoms with Crippen molar-refractivity contribution in [3.63, 3.8) is 0 Å². The van der Waals surface area contributed by atoms with Crippen molar-refractivity contribution in [1.82, 2.24) is 4.98 Å². The molecule has 110 valence electrons. The smallest absolute Gasteiger partial charge is 0.292 e. The highest BCUT2D eigenvalue weighted by Crippen LogP contribution is 2.28. The summed E-state index contributed by atoms with van der Waals surface area (Å²) in [5, 5.41) is 14.3. The first-order valence-corrected chi connectivity index (χ1v) is 6.99. The molecule has 0 saturated carbocycles. The van der Waals surface area contributed by atoms with E-state index in [2.05, 4.69) is 24.1 Å². The number of nitro groups is 1. The molecule has 2 aromatic rings. The summed E-state index contributed by atoms with van der Waals surface area (Å²) >= 11 is 0. The average Bonchev–Trinajstić information content (AvgIpc) is 2.48. The van der Waals surface area contributed by atoms with Crippen LogP contribution in [0.5, 0.6) is 0 Å². The molecular formula is C16H19N3O2. The van der Waals surface area contributed by atoms with Gasteiger partial charge >= 0.3 is 0 Å². The Morgan fingerprint density at radius 1 is 1.24 bits per heavy atom. The molecule has 0 aliphatic heterocycles. The van der Waals surface area contributed by atoms with Crippen molar-refractivity contribution in [2.24, 2.45) is 0 Å². The van der Waals surface area contributed by atoms with E-state index in [1.165, 1.54) is 0 Å². The fraction of sp³-hybridized carbons (Fsp3) is 0.312. The Morgan fingerprint density at radius 3 is 2.57 bits per heavy atom. The molecule has 0 amide bonds. The Labute approximate surface area is 124 Å². The van der Waals surface area contributed by atoms with Crippen LogP contribution in [0.1, 0.15) is 30.9 Å². The Bertz CT molecular complexity index is 612. The predicted molar refractivity (Wildman–Crippen MR) is 83.6 cm³/mol. The highest BCUT2D eigenvalue weighted by molar-refractivity contribution is 5.63. The molecule has 0 unspecified atom stereocenters. The summed E-state index contributed by atoms with van der Waals surface area (Å²) in [5.41, 5.74) is 2.95. The van der Waals surface area contributed by atoms with Crippen molar-refractivity contribution in [3.8, 4) is 0 Å². The molecule has 21 heavy (non-hydrogen) atoms. The van der Waals surface area contributed by atoms with Gasteiger partial charge in [-0.15, -0.1) is 0 Å². The minimum absolute atomic E-state index is 0.120. The summed E-state index contributed by atoms with van der Waals surface area (Å²) in [6, 6.07) is 9.15. The van der Waals surface area contributed by atoms with E-state index in [4.69, 9.17) is 0 Å². The number of aromatic nitrogens is 1. The second-order valence-electron chi connectivity index (χ2n) is 5.22. The number of nitrogens with zero attached hydrogens (tertiary/aromatic N) is 2. The van der Waals surface area contributed by atoms with Gasteiger partial charge in [0.05, 0.1) is 4.92 Å². The molecule has 1 aromatic carbocycles. The highest BCUT2D eigenvalue weighted by Gasteiger charge is 2.14. The van der Waals surface area contributed by atoms with Crippen molar-refractivity contribution in [2.75, 3.05) is 11.9 Å². The zero-order valence-corrected chi connectivity index (χ0v) is 12.2. The fourth-order valence-electron chi connectivity index (χ4n) is 2.10. The third-order valence-corrected chi connectivity index (χ3v) is 3.36. The second-order valence-corrected chi connectivity index (χ2v) is 5.22. The molecule has 0 saturated heterocycles. The van der Waals surface area contributed by atoms with Gasteiger partial charge in [0.2, 0.25) is 0 Å². The number of rotatable bonds is 6. The maximum absolute atomic E-state index is 11.1. The van der Waals surface area contributed by atoms with Gasteiger partial charge < -0.3 is 5.32 Å². The minimum Gasteiger partial charge on any atom is -0.379 e. The van der Waals surface area contributed by atoms with Crippen LogP contribution in [0.4, 0.5) is 11.4 Å². The van der Waals surface area contributed by atoms with Crippen LogP contribution in [0.2, 0.25) is 0 Å². The highest BCUT2D eigenvalue weighted by atomic mass is 16.6. The predicted octanol–water partition coefficient (Wildman–Crippen LogP) is 3.77. The van der Waals surface area contributed by atoms with Crippen LogP contribution in [0.15, 0.2) is 42.7 Å². The number of nitro benzene ring substituents is 1. The first-order valence-electron chi connectivity index (χ1n) is 6.99. The lowest BCUT2D eigenvalue weighted by atomic mass is 10.0. The average molecular weight is 285 g/mol. The molecule has 0 atom stereocenters. The molecule has 0 radical (unpaired) electrons. The van der Waals surface area contributed by atoms with Crippen LogP contribution in [0.25, 0.3) is 0 Å². The van der Waals surface area contributed by atoms with E-state index in [1.807, 2.05) is 24.3 Å². The molecule has 1 N–H and O–H groups in total. The number of benzene rings is 1. The lowest BCUT2D eigenvalue weighted by Crippen LogP contribution is -2.07. The molecule has 0 spiro atoms. The van der Waals surface area contributed by atoms with E-state index in [9.17, 15) is 10.1 Å². The van der Waals surface area contributed by atoms with Gasteiger partial charge in [0, 0.05) is 25.0 Å². The summed E-state index contributed by atoms with van der Waals surface area (Å²) in [6.45, 7) is 4.79. The van der Waals surface area contributed by atoms with E-state index < -0.39 is 0 Å². The summed E-state index contributed by atoms with van der Waals surface area (Å²) in [4.78, 5) is 14.7. The maximum Gasteiger partial charge on any atom is 0.292 e. The number of anilines is 1. The molecular weight excluding hydrogens is 266 g/mol. The SMILES string of the molecule is CC(C)c1ccc([N+](=O)[O-])c(NCCc2ccncc2)c1. The van der Waals surface area contributed by atoms with Gasteiger partial charge in [0.25, 0.3) is 5.69 Å². The van der Waals surface area contributed by atoms with E-state index >= 15 is 0 Å². The summed E-state index contributed by atoms with van der Waals surface area (Å²) < 4.78 is 0. The van der Waals surface area contributed by atoms with Gasteiger partial charge in [0.15, 0.2) is 0 Å². The molecule has 0 aliphatic carbocycles. The maximum atomic E-state index is 11.1. The van der Waals surface area contributed by atoms with Crippen molar-refractivity contribution < 1.29 is 4.92 Å². The van der Waals surface area contributed by atoms with Crippen LogP contribution in [-0.2, 0) is 6.42 Å². The van der Waals surface area contributed by atoms with Crippen molar-refractivity contribution in [2.45, 2.75) is 26.2 Å². The van der Waals surface area contributed by atoms with Gasteiger partial charge in [-0.05, 0) is 41.7 Å². The second kappa shape index (κ2) is 6.83. The van der Waals surface area contributed by atoms with Crippen molar-refractivity contribution >= 4 is 11.4 Å². The number of pyridine rings is 1. The van der Waals surface area contributed by atoms with Crippen LogP contribution in [0, 0.1) is 10.1 Å². The summed E-state index contributed by atoms with van der Waals surface area (Å²) in [5.74, 6) is 0.339. The number of hydrogen-bond acceptors (Lipinski definition) is 4. The summed E-state index contributed by atoms with van der Waals surface area (Å²) in [7, 11) is 0. The largest absolute Gasteiger partial charge is 0.379 e. The third-order valence-electron chi connectivity index (χ3n) is 3.36. The van der Waals surface area contributed by atoms with Crippen LogP contribution in [-0.4, -0.2) is 16.5 Å². The number of nitrogens with one attached hydrogen (secondary N) is 1. The number of hydrogen-bond donors (Lipinski definition) is 1. The van der Waals surface area contributed by atoms with Crippen molar-refractivity contribution in [1.29, 1.82) is 0 Å². The van der Waals surface area contributed by atoms with Gasteiger partial charge in [-0.3, -0.25) is 15.1 Å². The first-order chi connectivity index (χ1) is 10.1. The van der Waals surface area contributed by atoms with E-state index in [1.54, 1.807) is 18.5 Å².